The monoisotopic (exact) mass is 215 g/mol. The topological polar surface area (TPSA) is 81.0 Å². The van der Waals surface area contributed by atoms with E-state index in [1.165, 1.54) is 0 Å². The number of hydrogen-bond donors (Lipinski definition) is 3. The molecule has 2 aliphatic rings. The summed E-state index contributed by atoms with van der Waals surface area (Å²) >= 11 is 0. The van der Waals surface area contributed by atoms with Gasteiger partial charge in [0.05, 0.1) is 6.42 Å². The van der Waals surface area contributed by atoms with E-state index in [1.807, 2.05) is 7.05 Å². The summed E-state index contributed by atoms with van der Waals surface area (Å²) in [5.74, 6) is -3.35. The number of aliphatic hydroxyl groups is 2. The van der Waals surface area contributed by atoms with Crippen LogP contribution in [0, 0.1) is 5.92 Å². The lowest BCUT2D eigenvalue weighted by Gasteiger charge is -2.45. The Morgan fingerprint density at radius 1 is 1.47 bits per heavy atom. The third-order valence-electron chi connectivity index (χ3n) is 3.88. The molecule has 5 nitrogen and oxygen atoms in total. The Kier molecular flexibility index (Phi) is 2.48. The van der Waals surface area contributed by atoms with Gasteiger partial charge >= 0.3 is 5.97 Å². The fourth-order valence-electron chi connectivity index (χ4n) is 3.07. The zero-order valence-corrected chi connectivity index (χ0v) is 8.76. The summed E-state index contributed by atoms with van der Waals surface area (Å²) in [6, 6.07) is 0.185. The van der Waals surface area contributed by atoms with E-state index in [0.717, 1.165) is 12.8 Å². The maximum Gasteiger partial charge on any atom is 0.303 e. The van der Waals surface area contributed by atoms with E-state index in [4.69, 9.17) is 5.11 Å². The molecule has 0 saturated carbocycles. The Morgan fingerprint density at radius 3 is 2.73 bits per heavy atom. The van der Waals surface area contributed by atoms with Gasteiger partial charge in [-0.1, -0.05) is 0 Å². The van der Waals surface area contributed by atoms with E-state index in [9.17, 15) is 15.0 Å². The number of carboxylic acids is 1. The Labute approximate surface area is 88.3 Å². The number of aliphatic carboxylic acids is 1. The number of carboxylic acid groups (broad SMARTS) is 1. The Morgan fingerprint density at radius 2 is 2.13 bits per heavy atom. The number of fused-ring (bicyclic) bond motifs is 2. The van der Waals surface area contributed by atoms with E-state index < -0.39 is 17.7 Å². The quantitative estimate of drug-likeness (QED) is 0.547. The van der Waals surface area contributed by atoms with Gasteiger partial charge in [-0.15, -0.1) is 0 Å². The first-order chi connectivity index (χ1) is 6.92. The molecule has 2 rings (SSSR count). The van der Waals surface area contributed by atoms with Crippen LogP contribution >= 0.6 is 0 Å². The highest BCUT2D eigenvalue weighted by molar-refractivity contribution is 5.67. The highest BCUT2D eigenvalue weighted by atomic mass is 16.5. The van der Waals surface area contributed by atoms with Gasteiger partial charge in [0.2, 0.25) is 0 Å². The second kappa shape index (κ2) is 3.43. The zero-order chi connectivity index (χ0) is 11.2. The molecule has 2 bridgehead atoms. The number of piperidine rings is 1. The fraction of sp³-hybridized carbons (Fsp3) is 0.900. The second-order valence-corrected chi connectivity index (χ2v) is 4.75. The summed E-state index contributed by atoms with van der Waals surface area (Å²) < 4.78 is 0. The zero-order valence-electron chi connectivity index (χ0n) is 8.76. The first kappa shape index (κ1) is 10.9. The molecule has 2 aliphatic heterocycles. The Bertz CT molecular complexity index is 279. The summed E-state index contributed by atoms with van der Waals surface area (Å²) in [7, 11) is 1.94. The van der Waals surface area contributed by atoms with Crippen molar-refractivity contribution in [1.82, 2.24) is 4.90 Å². The van der Waals surface area contributed by atoms with E-state index in [2.05, 4.69) is 4.90 Å². The van der Waals surface area contributed by atoms with Crippen LogP contribution in [0.2, 0.25) is 0 Å². The third-order valence-corrected chi connectivity index (χ3v) is 3.88. The molecule has 2 heterocycles. The lowest BCUT2D eigenvalue weighted by Crippen LogP contribution is -2.57. The Hall–Kier alpha value is -0.650. The third kappa shape index (κ3) is 1.75. The van der Waals surface area contributed by atoms with Gasteiger partial charge in [0, 0.05) is 24.4 Å². The molecule has 0 aromatic carbocycles. The van der Waals surface area contributed by atoms with Crippen molar-refractivity contribution in [2.45, 2.75) is 43.6 Å². The van der Waals surface area contributed by atoms with Crippen molar-refractivity contribution in [3.63, 3.8) is 0 Å². The number of nitrogens with zero attached hydrogens (tertiary/aromatic N) is 1. The lowest BCUT2D eigenvalue weighted by molar-refractivity contribution is -0.241. The van der Waals surface area contributed by atoms with Crippen molar-refractivity contribution in [1.29, 1.82) is 0 Å². The molecule has 2 saturated heterocycles. The molecule has 0 amide bonds. The summed E-state index contributed by atoms with van der Waals surface area (Å²) in [6.07, 6.45) is 1.88. The first-order valence-electron chi connectivity index (χ1n) is 5.30. The maximum absolute atomic E-state index is 10.7. The van der Waals surface area contributed by atoms with Crippen molar-refractivity contribution in [2.75, 3.05) is 7.05 Å². The van der Waals surface area contributed by atoms with Gasteiger partial charge < -0.3 is 15.3 Å². The number of hydrogen-bond acceptors (Lipinski definition) is 4. The molecule has 3 atom stereocenters. The summed E-state index contributed by atoms with van der Waals surface area (Å²) in [5, 5.41) is 28.5. The van der Waals surface area contributed by atoms with Gasteiger partial charge in [0.1, 0.15) is 0 Å². The van der Waals surface area contributed by atoms with Crippen LogP contribution in [0.15, 0.2) is 0 Å². The Balaban J connectivity index is 2.20. The van der Waals surface area contributed by atoms with Gasteiger partial charge in [-0.05, 0) is 19.9 Å². The normalized spacial score (nSPS) is 39.3. The first-order valence-corrected chi connectivity index (χ1v) is 5.30. The highest BCUT2D eigenvalue weighted by Gasteiger charge is 2.53. The van der Waals surface area contributed by atoms with Crippen LogP contribution in [0.3, 0.4) is 0 Å². The van der Waals surface area contributed by atoms with Gasteiger partial charge in [-0.2, -0.15) is 0 Å². The lowest BCUT2D eigenvalue weighted by atomic mass is 9.82. The molecule has 3 N–H and O–H groups in total. The van der Waals surface area contributed by atoms with Gasteiger partial charge in [-0.25, -0.2) is 0 Å². The van der Waals surface area contributed by atoms with Crippen LogP contribution in [0.4, 0.5) is 0 Å². The summed E-state index contributed by atoms with van der Waals surface area (Å²) in [4.78, 5) is 12.8. The van der Waals surface area contributed by atoms with Crippen molar-refractivity contribution in [3.05, 3.63) is 0 Å². The molecule has 0 spiro atoms. The largest absolute Gasteiger partial charge is 0.481 e. The average molecular weight is 215 g/mol. The van der Waals surface area contributed by atoms with Crippen LogP contribution in [0.5, 0.6) is 0 Å². The van der Waals surface area contributed by atoms with E-state index in [-0.39, 0.29) is 24.9 Å². The van der Waals surface area contributed by atoms with Crippen molar-refractivity contribution >= 4 is 5.97 Å². The summed E-state index contributed by atoms with van der Waals surface area (Å²) in [5.41, 5.74) is 0. The minimum Gasteiger partial charge on any atom is -0.481 e. The molecule has 3 unspecified atom stereocenters. The number of carbonyl (C=O) groups is 1. The maximum atomic E-state index is 10.7. The predicted octanol–water partition coefficient (Wildman–Crippen LogP) is -0.375. The van der Waals surface area contributed by atoms with Crippen molar-refractivity contribution < 1.29 is 20.1 Å². The molecule has 0 aliphatic carbocycles. The SMILES string of the molecule is CN1C2CCC1C(CC(=O)O)C(O)(O)C2. The summed E-state index contributed by atoms with van der Waals surface area (Å²) in [6.45, 7) is 0. The molecule has 86 valence electrons. The van der Waals surface area contributed by atoms with Gasteiger partial charge in [0.25, 0.3) is 0 Å². The smallest absolute Gasteiger partial charge is 0.303 e. The molecular weight excluding hydrogens is 198 g/mol. The minimum atomic E-state index is -1.81. The second-order valence-electron chi connectivity index (χ2n) is 4.75. The molecular formula is C10H17NO4. The molecule has 0 aromatic heterocycles. The van der Waals surface area contributed by atoms with Crippen LogP contribution in [0.1, 0.15) is 25.7 Å². The molecule has 15 heavy (non-hydrogen) atoms. The van der Waals surface area contributed by atoms with E-state index >= 15 is 0 Å². The van der Waals surface area contributed by atoms with Crippen LogP contribution in [-0.4, -0.2) is 51.1 Å². The highest BCUT2D eigenvalue weighted by Crippen LogP contribution is 2.43. The fourth-order valence-corrected chi connectivity index (χ4v) is 3.07. The van der Waals surface area contributed by atoms with E-state index in [0.29, 0.717) is 0 Å². The molecule has 0 aromatic rings. The average Bonchev–Trinajstić information content (AvgIpc) is 2.36. The number of rotatable bonds is 2. The minimum absolute atomic E-state index is 0.00477. The molecule has 0 radical (unpaired) electrons. The van der Waals surface area contributed by atoms with Gasteiger partial charge in [0.15, 0.2) is 5.79 Å². The van der Waals surface area contributed by atoms with Crippen molar-refractivity contribution in [3.8, 4) is 0 Å². The van der Waals surface area contributed by atoms with Crippen molar-refractivity contribution in [2.24, 2.45) is 5.92 Å². The molecule has 2 fully saturated rings. The van der Waals surface area contributed by atoms with Crippen LogP contribution < -0.4 is 0 Å². The van der Waals surface area contributed by atoms with Gasteiger partial charge in [-0.3, -0.25) is 9.69 Å². The molecule has 5 heteroatoms. The predicted molar refractivity (Wildman–Crippen MR) is 52.1 cm³/mol. The standard InChI is InChI=1S/C10H17NO4/c1-11-6-2-3-8(11)7(4-9(12)13)10(14,15)5-6/h6-8,14-15H,2-5H2,1H3,(H,12,13). The van der Waals surface area contributed by atoms with Crippen LogP contribution in [-0.2, 0) is 4.79 Å². The van der Waals surface area contributed by atoms with E-state index in [1.54, 1.807) is 0 Å². The van der Waals surface area contributed by atoms with Crippen LogP contribution in [0.25, 0.3) is 0 Å².